The molecule has 0 aliphatic carbocycles. The minimum absolute atomic E-state index is 0.314. The summed E-state index contributed by atoms with van der Waals surface area (Å²) in [6.45, 7) is 28.2. The van der Waals surface area contributed by atoms with Gasteiger partial charge >= 0.3 is 0 Å². The van der Waals surface area contributed by atoms with Crippen LogP contribution in [0.1, 0.15) is 88.6 Å². The van der Waals surface area contributed by atoms with Crippen LogP contribution in [0.4, 0.5) is 0 Å². The van der Waals surface area contributed by atoms with Gasteiger partial charge in [-0.05, 0) is 32.1 Å². The van der Waals surface area contributed by atoms with Crippen molar-refractivity contribution >= 4 is 28.2 Å². The van der Waals surface area contributed by atoms with Gasteiger partial charge in [0.15, 0.2) is 17.1 Å². The summed E-state index contributed by atoms with van der Waals surface area (Å²) in [6, 6.07) is 10.6. The van der Waals surface area contributed by atoms with Gasteiger partial charge in [-0.1, -0.05) is 113 Å². The Morgan fingerprint density at radius 3 is 1.36 bits per heavy atom. The van der Waals surface area contributed by atoms with E-state index in [-0.39, 0.29) is 0 Å². The summed E-state index contributed by atoms with van der Waals surface area (Å²) < 4.78 is 6.31. The topological polar surface area (TPSA) is 9.23 Å². The second-order valence-corrected chi connectivity index (χ2v) is 22.4. The molecule has 1 rings (SSSR count). The Kier molecular flexibility index (Phi) is 10.8. The summed E-state index contributed by atoms with van der Waals surface area (Å²) in [5.41, 5.74) is 1.37. The normalized spacial score (nSPS) is 13.5. The van der Waals surface area contributed by atoms with Crippen molar-refractivity contribution in [3.63, 3.8) is 0 Å². The van der Waals surface area contributed by atoms with Crippen molar-refractivity contribution in [2.24, 2.45) is 0 Å². The highest BCUT2D eigenvalue weighted by molar-refractivity contribution is 7.10. The van der Waals surface area contributed by atoms with Crippen molar-refractivity contribution in [3.05, 3.63) is 35.9 Å². The highest BCUT2D eigenvalue weighted by Crippen LogP contribution is 2.44. The van der Waals surface area contributed by atoms with Gasteiger partial charge < -0.3 is 4.43 Å². The molecule has 4 heteroatoms. The second kappa shape index (κ2) is 10.8. The van der Waals surface area contributed by atoms with Crippen molar-refractivity contribution < 1.29 is 4.43 Å². The van der Waals surface area contributed by atoms with Crippen molar-refractivity contribution in [2.45, 2.75) is 110 Å². The fourth-order valence-electron chi connectivity index (χ4n) is 4.04. The molecule has 0 saturated heterocycles. The van der Waals surface area contributed by atoms with Gasteiger partial charge in [0, 0.05) is 6.61 Å². The lowest BCUT2D eigenvalue weighted by Crippen LogP contribution is -2.38. The van der Waals surface area contributed by atoms with E-state index in [0.29, 0.717) is 20.2 Å². The first-order valence-corrected chi connectivity index (χ1v) is 15.2. The number of rotatable bonds is 4. The van der Waals surface area contributed by atoms with Gasteiger partial charge in [0.1, 0.15) is 0 Å². The Hall–Kier alpha value is -0.0962. The Bertz CT molecular complexity index is 517. The molecule has 0 fully saturated rings. The molecule has 0 aliphatic heterocycles. The molecule has 0 bridgehead atoms. The van der Waals surface area contributed by atoms with Crippen LogP contribution in [-0.4, -0.2) is 23.8 Å². The first-order chi connectivity index (χ1) is 12.4. The summed E-state index contributed by atoms with van der Waals surface area (Å²) in [4.78, 5) is 0. The Morgan fingerprint density at radius 1 is 0.679 bits per heavy atom. The fraction of sp³-hybridized carbons (Fsp3) is 0.750. The first kappa shape index (κ1) is 27.9. The van der Waals surface area contributed by atoms with E-state index in [1.165, 1.54) is 5.56 Å². The van der Waals surface area contributed by atoms with Crippen LogP contribution in [0.25, 0.3) is 0 Å². The van der Waals surface area contributed by atoms with Crippen LogP contribution in [0.2, 0.25) is 20.2 Å². The van der Waals surface area contributed by atoms with Gasteiger partial charge in [0.25, 0.3) is 0 Å². The monoisotopic (exact) mass is 442 g/mol. The molecule has 0 unspecified atom stereocenters. The molecule has 0 heterocycles. The third-order valence-corrected chi connectivity index (χ3v) is 15.3. The van der Waals surface area contributed by atoms with Crippen LogP contribution in [0.15, 0.2) is 30.3 Å². The molecule has 1 aromatic rings. The molecule has 1 nitrogen and oxygen atoms in total. The van der Waals surface area contributed by atoms with Gasteiger partial charge in [-0.3, -0.25) is 0 Å². The molecule has 28 heavy (non-hydrogen) atoms. The van der Waals surface area contributed by atoms with Crippen LogP contribution in [0.5, 0.6) is 0 Å². The molecule has 0 amide bonds. The number of halogens is 1. The molecule has 0 N–H and O–H groups in total. The van der Waals surface area contributed by atoms with Crippen molar-refractivity contribution in [1.29, 1.82) is 0 Å². The van der Waals surface area contributed by atoms with E-state index in [1.807, 2.05) is 0 Å². The number of benzene rings is 1. The molecule has 0 aromatic heterocycles. The maximum atomic E-state index is 6.37. The van der Waals surface area contributed by atoms with Gasteiger partial charge in [-0.15, -0.1) is 0 Å². The van der Waals surface area contributed by atoms with Crippen molar-refractivity contribution in [2.75, 3.05) is 6.61 Å². The maximum Gasteiger partial charge on any atom is 0.187 e. The molecule has 0 saturated carbocycles. The zero-order valence-electron chi connectivity index (χ0n) is 20.7. The lowest BCUT2D eigenvalue weighted by molar-refractivity contribution is 0.286. The summed E-state index contributed by atoms with van der Waals surface area (Å²) in [6.07, 6.45) is 1.02. The van der Waals surface area contributed by atoms with Crippen molar-refractivity contribution in [1.82, 2.24) is 0 Å². The second-order valence-electron chi connectivity index (χ2n) is 12.3. The smallest absolute Gasteiger partial charge is 0.187 e. The third-order valence-electron chi connectivity index (χ3n) is 4.61. The summed E-state index contributed by atoms with van der Waals surface area (Å²) in [7, 11) is -2.36. The highest BCUT2D eigenvalue weighted by atomic mass is 35.6. The number of hydrogen-bond acceptors (Lipinski definition) is 1. The molecular weight excluding hydrogens is 396 g/mol. The zero-order valence-corrected chi connectivity index (χ0v) is 23.8. The predicted octanol–water partition coefficient (Wildman–Crippen LogP) is 8.12. The largest absolute Gasteiger partial charge is 0.419 e. The van der Waals surface area contributed by atoms with Gasteiger partial charge in [0.2, 0.25) is 0 Å². The van der Waals surface area contributed by atoms with Crippen LogP contribution in [0, 0.1) is 0 Å². The Labute approximate surface area is 184 Å². The maximum absolute atomic E-state index is 6.37. The minimum Gasteiger partial charge on any atom is -0.419 e. The standard InChI is InChI=1S/C16H28OSi.C8H19ClSi/c1-15(2,3)18(16(4,5)6)17-13-12-14-10-8-7-9-11-14;1-7(2,3)10(9)8(4,5)6/h7-11,18H,12-13H2,1-6H3;10H,1-6H3. The highest BCUT2D eigenvalue weighted by Gasteiger charge is 2.38. The van der Waals surface area contributed by atoms with E-state index < -0.39 is 17.1 Å². The van der Waals surface area contributed by atoms with Gasteiger partial charge in [-0.25, -0.2) is 0 Å². The fourth-order valence-corrected chi connectivity index (χ4v) is 10.6. The van der Waals surface area contributed by atoms with Gasteiger partial charge in [-0.2, -0.15) is 11.1 Å². The number of hydrogen-bond donors (Lipinski definition) is 0. The van der Waals surface area contributed by atoms with Crippen LogP contribution in [-0.2, 0) is 10.8 Å². The summed E-state index contributed by atoms with van der Waals surface area (Å²) in [5, 5.41) is 1.32. The van der Waals surface area contributed by atoms with E-state index >= 15 is 0 Å². The zero-order chi connectivity index (χ0) is 22.4. The average Bonchev–Trinajstić information content (AvgIpc) is 2.48. The quantitative estimate of drug-likeness (QED) is 0.337. The van der Waals surface area contributed by atoms with Crippen LogP contribution < -0.4 is 0 Å². The SMILES string of the molecule is CC(C)(C)[SiH](Cl)C(C)(C)C.CC(C)(C)[SiH](OCCc1ccccc1)C(C)(C)C. The minimum atomic E-state index is -1.25. The molecular formula is C24H47ClOSi2. The first-order valence-electron chi connectivity index (χ1n) is 10.7. The van der Waals surface area contributed by atoms with E-state index in [9.17, 15) is 0 Å². The molecule has 0 atom stereocenters. The Balaban J connectivity index is 0.000000621. The van der Waals surface area contributed by atoms with E-state index in [2.05, 4.69) is 113 Å². The molecule has 164 valence electrons. The van der Waals surface area contributed by atoms with Gasteiger partial charge in [0.05, 0.1) is 0 Å². The third kappa shape index (κ3) is 11.2. The lowest BCUT2D eigenvalue weighted by atomic mass is 10.2. The predicted molar refractivity (Wildman–Crippen MR) is 135 cm³/mol. The lowest BCUT2D eigenvalue weighted by Gasteiger charge is -2.38. The molecule has 0 radical (unpaired) electrons. The molecule has 0 aliphatic rings. The average molecular weight is 443 g/mol. The van der Waals surface area contributed by atoms with E-state index in [0.717, 1.165) is 13.0 Å². The Morgan fingerprint density at radius 2 is 1.07 bits per heavy atom. The molecule has 1 aromatic carbocycles. The summed E-state index contributed by atoms with van der Waals surface area (Å²) >= 11 is 6.37. The van der Waals surface area contributed by atoms with Crippen molar-refractivity contribution in [3.8, 4) is 0 Å². The van der Waals surface area contributed by atoms with E-state index in [4.69, 9.17) is 15.5 Å². The molecule has 0 spiro atoms. The van der Waals surface area contributed by atoms with Crippen LogP contribution in [0.3, 0.4) is 0 Å². The van der Waals surface area contributed by atoms with E-state index in [1.54, 1.807) is 0 Å². The summed E-state index contributed by atoms with van der Waals surface area (Å²) in [5.74, 6) is 0. The van der Waals surface area contributed by atoms with Crippen LogP contribution >= 0.6 is 11.1 Å².